The Labute approximate surface area is 97.9 Å². The van der Waals surface area contributed by atoms with Crippen LogP contribution in [0.3, 0.4) is 0 Å². The minimum Gasteiger partial charge on any atom is -0.0620 e. The minimum atomic E-state index is 0.474. The highest BCUT2D eigenvalue weighted by Gasteiger charge is 2.11. The van der Waals surface area contributed by atoms with Gasteiger partial charge >= 0.3 is 0 Å². The summed E-state index contributed by atoms with van der Waals surface area (Å²) in [5.41, 5.74) is 5.60. The first-order chi connectivity index (χ1) is 7.70. The van der Waals surface area contributed by atoms with Crippen LogP contribution >= 0.6 is 0 Å². The molecule has 0 saturated heterocycles. The number of rotatable bonds is 2. The van der Waals surface area contributed by atoms with Gasteiger partial charge in [-0.1, -0.05) is 55.5 Å². The highest BCUT2D eigenvalue weighted by atomic mass is 14.2. The zero-order valence-corrected chi connectivity index (χ0v) is 10.2. The van der Waals surface area contributed by atoms with Crippen LogP contribution in [0.4, 0.5) is 0 Å². The maximum atomic E-state index is 2.28. The molecule has 2 rings (SSSR count). The average Bonchev–Trinajstić information content (AvgIpc) is 2.29. The van der Waals surface area contributed by atoms with Gasteiger partial charge in [-0.25, -0.2) is 0 Å². The lowest BCUT2D eigenvalue weighted by molar-refractivity contribution is 0.899. The van der Waals surface area contributed by atoms with Crippen molar-refractivity contribution in [2.24, 2.45) is 0 Å². The van der Waals surface area contributed by atoms with Crippen LogP contribution in [-0.4, -0.2) is 0 Å². The topological polar surface area (TPSA) is 0 Å². The van der Waals surface area contributed by atoms with Crippen LogP contribution in [0.15, 0.2) is 48.5 Å². The predicted octanol–water partition coefficient (Wildman–Crippen LogP) is 4.46. The fourth-order valence-corrected chi connectivity index (χ4v) is 2.31. The van der Waals surface area contributed by atoms with Crippen molar-refractivity contribution in [3.8, 4) is 0 Å². The highest BCUT2D eigenvalue weighted by molar-refractivity contribution is 5.39. The van der Waals surface area contributed by atoms with E-state index in [1.54, 1.807) is 0 Å². The Morgan fingerprint density at radius 3 is 1.44 bits per heavy atom. The molecule has 0 aliphatic heterocycles. The Balaban J connectivity index is 2.44. The summed E-state index contributed by atoms with van der Waals surface area (Å²) >= 11 is 0. The average molecular weight is 210 g/mol. The Morgan fingerprint density at radius 1 is 0.688 bits per heavy atom. The molecule has 0 N–H and O–H groups in total. The monoisotopic (exact) mass is 210 g/mol. The molecule has 0 aliphatic rings. The van der Waals surface area contributed by atoms with Gasteiger partial charge in [-0.2, -0.15) is 0 Å². The summed E-state index contributed by atoms with van der Waals surface area (Å²) < 4.78 is 0. The van der Waals surface area contributed by atoms with Crippen molar-refractivity contribution in [2.75, 3.05) is 0 Å². The molecule has 0 unspecified atom stereocenters. The molecule has 2 aromatic rings. The van der Waals surface area contributed by atoms with E-state index in [-0.39, 0.29) is 0 Å². The third kappa shape index (κ3) is 2.01. The summed E-state index contributed by atoms with van der Waals surface area (Å²) in [7, 11) is 0. The van der Waals surface area contributed by atoms with Crippen molar-refractivity contribution in [1.29, 1.82) is 0 Å². The van der Waals surface area contributed by atoms with Crippen molar-refractivity contribution >= 4 is 0 Å². The van der Waals surface area contributed by atoms with Crippen molar-refractivity contribution in [3.05, 3.63) is 70.8 Å². The van der Waals surface area contributed by atoms with Gasteiger partial charge in [0.1, 0.15) is 0 Å². The zero-order chi connectivity index (χ0) is 11.5. The Hall–Kier alpha value is -1.56. The summed E-state index contributed by atoms with van der Waals surface area (Å²) in [6, 6.07) is 17.3. The number of hydrogen-bond acceptors (Lipinski definition) is 0. The summed E-state index contributed by atoms with van der Waals surface area (Å²) in [6.45, 7) is 6.65. The first-order valence-corrected chi connectivity index (χ1v) is 5.81. The molecule has 0 saturated carbocycles. The van der Waals surface area contributed by atoms with E-state index in [0.717, 1.165) is 0 Å². The fourth-order valence-electron chi connectivity index (χ4n) is 2.31. The van der Waals surface area contributed by atoms with Crippen LogP contribution in [0.5, 0.6) is 0 Å². The SMILES string of the molecule is Cc1ccccc1C(C)c1ccccc1C. The molecular formula is C16H18. The summed E-state index contributed by atoms with van der Waals surface area (Å²) in [4.78, 5) is 0. The Kier molecular flexibility index (Phi) is 3.09. The van der Waals surface area contributed by atoms with Gasteiger partial charge < -0.3 is 0 Å². The van der Waals surface area contributed by atoms with Crippen LogP contribution in [0.2, 0.25) is 0 Å². The smallest absolute Gasteiger partial charge is 0.00662 e. The quantitative estimate of drug-likeness (QED) is 0.686. The van der Waals surface area contributed by atoms with E-state index >= 15 is 0 Å². The normalized spacial score (nSPS) is 10.8. The fraction of sp³-hybridized carbons (Fsp3) is 0.250. The number of hydrogen-bond donors (Lipinski definition) is 0. The molecule has 2 aromatic carbocycles. The lowest BCUT2D eigenvalue weighted by Gasteiger charge is -2.17. The largest absolute Gasteiger partial charge is 0.0620 e. The van der Waals surface area contributed by atoms with Crippen molar-refractivity contribution in [3.63, 3.8) is 0 Å². The van der Waals surface area contributed by atoms with E-state index in [4.69, 9.17) is 0 Å². The third-order valence-corrected chi connectivity index (χ3v) is 3.31. The molecule has 0 fully saturated rings. The highest BCUT2D eigenvalue weighted by Crippen LogP contribution is 2.28. The molecule has 82 valence electrons. The Bertz CT molecular complexity index is 437. The maximum Gasteiger partial charge on any atom is 0.00662 e. The van der Waals surface area contributed by atoms with Gasteiger partial charge in [-0.3, -0.25) is 0 Å². The van der Waals surface area contributed by atoms with Gasteiger partial charge in [0.25, 0.3) is 0 Å². The molecule has 0 aliphatic carbocycles. The van der Waals surface area contributed by atoms with E-state index in [9.17, 15) is 0 Å². The van der Waals surface area contributed by atoms with Gasteiger partial charge in [0.05, 0.1) is 0 Å². The number of aryl methyl sites for hydroxylation is 2. The van der Waals surface area contributed by atoms with Crippen molar-refractivity contribution in [1.82, 2.24) is 0 Å². The molecule has 0 nitrogen and oxygen atoms in total. The molecule has 0 spiro atoms. The first kappa shape index (κ1) is 10.9. The molecule has 0 aromatic heterocycles. The molecule has 16 heavy (non-hydrogen) atoms. The van der Waals surface area contributed by atoms with Crippen LogP contribution in [0.25, 0.3) is 0 Å². The van der Waals surface area contributed by atoms with Crippen LogP contribution in [0.1, 0.15) is 35.1 Å². The molecule has 0 heterocycles. The lowest BCUT2D eigenvalue weighted by atomic mass is 9.88. The van der Waals surface area contributed by atoms with Crippen LogP contribution in [-0.2, 0) is 0 Å². The van der Waals surface area contributed by atoms with Crippen molar-refractivity contribution in [2.45, 2.75) is 26.7 Å². The number of benzene rings is 2. The van der Waals surface area contributed by atoms with Gasteiger partial charge in [-0.05, 0) is 36.1 Å². The summed E-state index contributed by atoms with van der Waals surface area (Å²) in [5.74, 6) is 0.474. The van der Waals surface area contributed by atoms with Crippen LogP contribution < -0.4 is 0 Å². The van der Waals surface area contributed by atoms with E-state index in [1.165, 1.54) is 22.3 Å². The molecule has 0 radical (unpaired) electrons. The first-order valence-electron chi connectivity index (χ1n) is 5.81. The zero-order valence-electron chi connectivity index (χ0n) is 10.2. The molecule has 0 bridgehead atoms. The van der Waals surface area contributed by atoms with E-state index < -0.39 is 0 Å². The van der Waals surface area contributed by atoms with E-state index in [2.05, 4.69) is 69.3 Å². The van der Waals surface area contributed by atoms with Gasteiger partial charge in [0, 0.05) is 5.92 Å². The second kappa shape index (κ2) is 4.52. The van der Waals surface area contributed by atoms with E-state index in [1.807, 2.05) is 0 Å². The van der Waals surface area contributed by atoms with E-state index in [0.29, 0.717) is 5.92 Å². The van der Waals surface area contributed by atoms with Crippen molar-refractivity contribution < 1.29 is 0 Å². The standard InChI is InChI=1S/C16H18/c1-12-8-4-6-10-15(12)14(3)16-11-7-5-9-13(16)2/h4-11,14H,1-3H3. The summed E-state index contributed by atoms with van der Waals surface area (Å²) in [6.07, 6.45) is 0. The molecule has 0 atom stereocenters. The Morgan fingerprint density at radius 2 is 1.06 bits per heavy atom. The lowest BCUT2D eigenvalue weighted by Crippen LogP contribution is -2.00. The van der Waals surface area contributed by atoms with Gasteiger partial charge in [0.2, 0.25) is 0 Å². The maximum absolute atomic E-state index is 2.28. The molecule has 0 heteroatoms. The predicted molar refractivity (Wildman–Crippen MR) is 69.9 cm³/mol. The minimum absolute atomic E-state index is 0.474. The second-order valence-electron chi connectivity index (χ2n) is 4.43. The van der Waals surface area contributed by atoms with Gasteiger partial charge in [-0.15, -0.1) is 0 Å². The summed E-state index contributed by atoms with van der Waals surface area (Å²) in [5, 5.41) is 0. The van der Waals surface area contributed by atoms with Crippen LogP contribution in [0, 0.1) is 13.8 Å². The second-order valence-corrected chi connectivity index (χ2v) is 4.43. The molecule has 0 amide bonds. The third-order valence-electron chi connectivity index (χ3n) is 3.31. The van der Waals surface area contributed by atoms with Gasteiger partial charge in [0.15, 0.2) is 0 Å². The molecular weight excluding hydrogens is 192 g/mol.